The second-order valence-corrected chi connectivity index (χ2v) is 10.1. The van der Waals surface area contributed by atoms with Gasteiger partial charge in [-0.2, -0.15) is 0 Å². The SMILES string of the molecule is CCC[C@@H](c1nnnn1CCc1ccccc1)N(Cc1cc2ccc(C)cc2[nH]c1=O)C1CCCC1. The van der Waals surface area contributed by atoms with E-state index >= 15 is 0 Å². The molecule has 1 aliphatic rings. The molecule has 0 bridgehead atoms. The standard InChI is InChI=1S/C29H36N6O/c1-3-9-27(28-31-32-33-35(28)17-16-22-10-5-4-6-11-22)34(25-12-7-8-13-25)20-24-19-23-15-14-21(2)18-26(23)30-29(24)36/h4-6,10-11,14-15,18-19,25,27H,3,7-9,12-13,16-17,20H2,1-2H3,(H,30,36)/t27-/m0/s1. The summed E-state index contributed by atoms with van der Waals surface area (Å²) in [6, 6.07) is 19.3. The third-order valence-corrected chi connectivity index (χ3v) is 7.50. The Labute approximate surface area is 212 Å². The molecule has 0 unspecified atom stereocenters. The minimum atomic E-state index is -0.00462. The number of nitrogens with zero attached hydrogens (tertiary/aromatic N) is 5. The molecule has 7 nitrogen and oxygen atoms in total. The van der Waals surface area contributed by atoms with Crippen molar-refractivity contribution in [1.29, 1.82) is 0 Å². The summed E-state index contributed by atoms with van der Waals surface area (Å²) in [7, 11) is 0. The summed E-state index contributed by atoms with van der Waals surface area (Å²) in [4.78, 5) is 18.8. The minimum absolute atomic E-state index is 0.00462. The van der Waals surface area contributed by atoms with Gasteiger partial charge in [0.05, 0.1) is 6.04 Å². The average Bonchev–Trinajstić information content (AvgIpc) is 3.58. The minimum Gasteiger partial charge on any atom is -0.322 e. The van der Waals surface area contributed by atoms with E-state index in [1.807, 2.05) is 23.7 Å². The first-order chi connectivity index (χ1) is 17.6. The van der Waals surface area contributed by atoms with E-state index in [2.05, 4.69) is 74.8 Å². The molecule has 0 spiro atoms. The summed E-state index contributed by atoms with van der Waals surface area (Å²) < 4.78 is 1.97. The molecule has 1 atom stereocenters. The van der Waals surface area contributed by atoms with Crippen LogP contribution in [0.25, 0.3) is 10.9 Å². The largest absolute Gasteiger partial charge is 0.322 e. The van der Waals surface area contributed by atoms with Crippen molar-refractivity contribution in [3.05, 3.63) is 87.5 Å². The predicted octanol–water partition coefficient (Wildman–Crippen LogP) is 5.35. The lowest BCUT2D eigenvalue weighted by molar-refractivity contribution is 0.108. The summed E-state index contributed by atoms with van der Waals surface area (Å²) in [5.41, 5.74) is 4.12. The van der Waals surface area contributed by atoms with Crippen LogP contribution in [-0.4, -0.2) is 36.1 Å². The summed E-state index contributed by atoms with van der Waals surface area (Å²) in [5, 5.41) is 14.1. The molecule has 2 heterocycles. The Kier molecular flexibility index (Phi) is 7.56. The van der Waals surface area contributed by atoms with E-state index in [9.17, 15) is 4.79 Å². The fraction of sp³-hybridized carbons (Fsp3) is 0.448. The zero-order valence-electron chi connectivity index (χ0n) is 21.4. The third-order valence-electron chi connectivity index (χ3n) is 7.50. The van der Waals surface area contributed by atoms with Crippen molar-refractivity contribution >= 4 is 10.9 Å². The second kappa shape index (κ2) is 11.2. The molecule has 1 saturated carbocycles. The van der Waals surface area contributed by atoms with E-state index in [-0.39, 0.29) is 11.6 Å². The van der Waals surface area contributed by atoms with Gasteiger partial charge in [-0.1, -0.05) is 68.7 Å². The van der Waals surface area contributed by atoms with Crippen LogP contribution in [0.5, 0.6) is 0 Å². The van der Waals surface area contributed by atoms with Gasteiger partial charge in [-0.05, 0) is 71.7 Å². The smallest absolute Gasteiger partial charge is 0.252 e. The van der Waals surface area contributed by atoms with Gasteiger partial charge in [0, 0.05) is 30.2 Å². The molecule has 0 amide bonds. The summed E-state index contributed by atoms with van der Waals surface area (Å²) in [5.74, 6) is 0.910. The van der Waals surface area contributed by atoms with E-state index in [1.165, 1.54) is 18.4 Å². The van der Waals surface area contributed by atoms with Gasteiger partial charge in [0.25, 0.3) is 5.56 Å². The monoisotopic (exact) mass is 484 g/mol. The molecule has 2 aromatic carbocycles. The third kappa shape index (κ3) is 5.41. The number of aromatic amines is 1. The van der Waals surface area contributed by atoms with Crippen molar-refractivity contribution in [2.24, 2.45) is 0 Å². The van der Waals surface area contributed by atoms with Crippen LogP contribution in [0.1, 0.15) is 74.0 Å². The predicted molar refractivity (Wildman–Crippen MR) is 143 cm³/mol. The summed E-state index contributed by atoms with van der Waals surface area (Å²) in [6.45, 7) is 5.59. The highest BCUT2D eigenvalue weighted by molar-refractivity contribution is 5.79. The van der Waals surface area contributed by atoms with E-state index in [1.54, 1.807) is 0 Å². The zero-order valence-corrected chi connectivity index (χ0v) is 21.4. The van der Waals surface area contributed by atoms with Gasteiger partial charge in [-0.25, -0.2) is 4.68 Å². The Hall–Kier alpha value is -3.32. The number of H-pyrrole nitrogens is 1. The number of aryl methyl sites for hydroxylation is 3. The number of rotatable bonds is 10. The molecule has 188 valence electrons. The van der Waals surface area contributed by atoms with Gasteiger partial charge < -0.3 is 4.98 Å². The molecule has 0 aliphatic heterocycles. The average molecular weight is 485 g/mol. The number of hydrogen-bond acceptors (Lipinski definition) is 5. The lowest BCUT2D eigenvalue weighted by Crippen LogP contribution is -2.39. The van der Waals surface area contributed by atoms with Crippen molar-refractivity contribution in [2.45, 2.75) is 84.0 Å². The van der Waals surface area contributed by atoms with Crippen molar-refractivity contribution in [3.63, 3.8) is 0 Å². The van der Waals surface area contributed by atoms with Gasteiger partial charge in [-0.15, -0.1) is 5.10 Å². The van der Waals surface area contributed by atoms with Crippen LogP contribution < -0.4 is 5.56 Å². The van der Waals surface area contributed by atoms with Crippen molar-refractivity contribution in [3.8, 4) is 0 Å². The molecule has 0 radical (unpaired) electrons. The second-order valence-electron chi connectivity index (χ2n) is 10.1. The normalized spacial score (nSPS) is 15.2. The fourth-order valence-electron chi connectivity index (χ4n) is 5.61. The van der Waals surface area contributed by atoms with Gasteiger partial charge in [0.15, 0.2) is 5.82 Å². The highest BCUT2D eigenvalue weighted by Crippen LogP contribution is 2.34. The van der Waals surface area contributed by atoms with Crippen LogP contribution >= 0.6 is 0 Å². The highest BCUT2D eigenvalue weighted by atomic mass is 16.1. The molecule has 1 aliphatic carbocycles. The van der Waals surface area contributed by atoms with E-state index in [0.717, 1.165) is 66.5 Å². The molecule has 1 N–H and O–H groups in total. The van der Waals surface area contributed by atoms with Crippen LogP contribution in [0.15, 0.2) is 59.4 Å². The molecular weight excluding hydrogens is 448 g/mol. The molecule has 5 rings (SSSR count). The van der Waals surface area contributed by atoms with E-state index in [4.69, 9.17) is 0 Å². The molecule has 1 fully saturated rings. The maximum absolute atomic E-state index is 13.2. The topological polar surface area (TPSA) is 79.7 Å². The number of fused-ring (bicyclic) bond motifs is 1. The number of pyridine rings is 1. The van der Waals surface area contributed by atoms with Crippen molar-refractivity contribution in [2.75, 3.05) is 0 Å². The maximum Gasteiger partial charge on any atom is 0.252 e. The highest BCUT2D eigenvalue weighted by Gasteiger charge is 2.33. The Balaban J connectivity index is 1.47. The zero-order chi connectivity index (χ0) is 24.9. The lowest BCUT2D eigenvalue weighted by atomic mass is 10.0. The lowest BCUT2D eigenvalue weighted by Gasteiger charge is -2.35. The van der Waals surface area contributed by atoms with Gasteiger partial charge in [-0.3, -0.25) is 9.69 Å². The van der Waals surface area contributed by atoms with Gasteiger partial charge in [0.1, 0.15) is 0 Å². The number of hydrogen-bond donors (Lipinski definition) is 1. The summed E-state index contributed by atoms with van der Waals surface area (Å²) >= 11 is 0. The molecule has 36 heavy (non-hydrogen) atoms. The number of benzene rings is 2. The van der Waals surface area contributed by atoms with Crippen molar-refractivity contribution < 1.29 is 0 Å². The van der Waals surface area contributed by atoms with Crippen molar-refractivity contribution in [1.82, 2.24) is 30.1 Å². The molecular formula is C29H36N6O. The quantitative estimate of drug-likeness (QED) is 0.328. The molecule has 7 heteroatoms. The van der Waals surface area contributed by atoms with Gasteiger partial charge in [0.2, 0.25) is 0 Å². The van der Waals surface area contributed by atoms with Gasteiger partial charge >= 0.3 is 0 Å². The maximum atomic E-state index is 13.2. The number of aromatic nitrogens is 5. The summed E-state index contributed by atoms with van der Waals surface area (Å²) in [6.07, 6.45) is 7.61. The van der Waals surface area contributed by atoms with E-state index < -0.39 is 0 Å². The van der Waals surface area contributed by atoms with Crippen LogP contribution in [0.3, 0.4) is 0 Å². The molecule has 4 aromatic rings. The first-order valence-corrected chi connectivity index (χ1v) is 13.3. The molecule has 2 aromatic heterocycles. The number of nitrogens with one attached hydrogen (secondary N) is 1. The Morgan fingerprint density at radius 2 is 1.92 bits per heavy atom. The van der Waals surface area contributed by atoms with Crippen LogP contribution in [0, 0.1) is 6.92 Å². The molecule has 0 saturated heterocycles. The fourth-order valence-corrected chi connectivity index (χ4v) is 5.61. The van der Waals surface area contributed by atoms with E-state index in [0.29, 0.717) is 12.6 Å². The first kappa shape index (κ1) is 24.4. The van der Waals surface area contributed by atoms with Crippen LogP contribution in [0.4, 0.5) is 0 Å². The first-order valence-electron chi connectivity index (χ1n) is 13.3. The Morgan fingerprint density at radius 3 is 2.69 bits per heavy atom. The van der Waals surface area contributed by atoms with Crippen LogP contribution in [0.2, 0.25) is 0 Å². The Bertz CT molecular complexity index is 1340. The Morgan fingerprint density at radius 1 is 1.11 bits per heavy atom. The number of tetrazole rings is 1. The van der Waals surface area contributed by atoms with Crippen LogP contribution in [-0.2, 0) is 19.5 Å².